The van der Waals surface area contributed by atoms with Crippen molar-refractivity contribution in [1.29, 1.82) is 0 Å². The van der Waals surface area contributed by atoms with Gasteiger partial charge < -0.3 is 25.2 Å². The predicted molar refractivity (Wildman–Crippen MR) is 95.9 cm³/mol. The van der Waals surface area contributed by atoms with Gasteiger partial charge in [0, 0.05) is 11.5 Å². The van der Waals surface area contributed by atoms with Crippen molar-refractivity contribution in [2.75, 3.05) is 24.7 Å². The summed E-state index contributed by atoms with van der Waals surface area (Å²) in [7, 11) is 0. The maximum Gasteiger partial charge on any atom is 0.169 e. The van der Waals surface area contributed by atoms with Gasteiger partial charge in [-0.25, -0.2) is 0 Å². The highest BCUT2D eigenvalue weighted by atomic mass is 32.2. The lowest BCUT2D eigenvalue weighted by atomic mass is 10.3. The summed E-state index contributed by atoms with van der Waals surface area (Å²) in [6.07, 6.45) is -1.53. The van der Waals surface area contributed by atoms with E-state index in [1.165, 1.54) is 37.4 Å². The standard InChI is InChI=1S/C16H26O5S2/c1-13(17)5-7-15(3,19)22-11-9-21-10-12-23-16(4,20)8-6-14(2)18/h13-14,17-20H,9-12H2,1-4H3. The van der Waals surface area contributed by atoms with E-state index in [4.69, 9.17) is 14.9 Å². The van der Waals surface area contributed by atoms with E-state index in [0.29, 0.717) is 24.7 Å². The van der Waals surface area contributed by atoms with Gasteiger partial charge in [0.1, 0.15) is 12.2 Å². The molecule has 0 aromatic carbocycles. The second kappa shape index (κ2) is 11.2. The zero-order valence-corrected chi connectivity index (χ0v) is 15.6. The quantitative estimate of drug-likeness (QED) is 0.286. The van der Waals surface area contributed by atoms with Crippen LogP contribution in [0.1, 0.15) is 27.7 Å². The highest BCUT2D eigenvalue weighted by Crippen LogP contribution is 2.21. The van der Waals surface area contributed by atoms with Crippen LogP contribution in [0.4, 0.5) is 0 Å². The van der Waals surface area contributed by atoms with Gasteiger partial charge >= 0.3 is 0 Å². The normalized spacial score (nSPS) is 18.4. The number of aliphatic hydroxyl groups excluding tert-OH is 2. The molecule has 23 heavy (non-hydrogen) atoms. The summed E-state index contributed by atoms with van der Waals surface area (Å²) < 4.78 is 5.42. The molecule has 0 rings (SSSR count). The number of ether oxygens (including phenoxy) is 1. The third-order valence-corrected chi connectivity index (χ3v) is 4.32. The molecular weight excluding hydrogens is 336 g/mol. The van der Waals surface area contributed by atoms with Gasteiger partial charge in [0.2, 0.25) is 0 Å². The van der Waals surface area contributed by atoms with Gasteiger partial charge in [-0.2, -0.15) is 0 Å². The molecule has 0 amide bonds. The first-order valence-electron chi connectivity index (χ1n) is 7.26. The first kappa shape index (κ1) is 22.6. The Hall–Kier alpha value is -0.380. The van der Waals surface area contributed by atoms with Crippen molar-refractivity contribution < 1.29 is 25.2 Å². The van der Waals surface area contributed by atoms with Gasteiger partial charge in [-0.05, 0) is 27.7 Å². The molecule has 0 aromatic heterocycles. The minimum atomic E-state index is -1.21. The van der Waals surface area contributed by atoms with Crippen LogP contribution < -0.4 is 0 Å². The predicted octanol–water partition coefficient (Wildman–Crippen LogP) is 0.655. The van der Waals surface area contributed by atoms with Crippen LogP contribution in [-0.4, -0.2) is 67.2 Å². The largest absolute Gasteiger partial charge is 0.381 e. The summed E-state index contributed by atoms with van der Waals surface area (Å²) in [6, 6.07) is 0. The Balaban J connectivity index is 3.83. The number of hydrogen-bond donors (Lipinski definition) is 4. The van der Waals surface area contributed by atoms with Crippen molar-refractivity contribution in [2.45, 2.75) is 49.8 Å². The van der Waals surface area contributed by atoms with Gasteiger partial charge in [-0.15, -0.1) is 23.5 Å². The average Bonchev–Trinajstić information content (AvgIpc) is 2.42. The van der Waals surface area contributed by atoms with E-state index in [9.17, 15) is 10.2 Å². The maximum absolute atomic E-state index is 9.93. The summed E-state index contributed by atoms with van der Waals surface area (Å²) in [5, 5.41) is 38.0. The van der Waals surface area contributed by atoms with E-state index in [1.54, 1.807) is 13.8 Å². The molecule has 0 aliphatic carbocycles. The maximum atomic E-state index is 9.93. The Labute approximate surface area is 147 Å². The minimum Gasteiger partial charge on any atom is -0.381 e. The van der Waals surface area contributed by atoms with Crippen LogP contribution in [0.5, 0.6) is 0 Å². The number of thioether (sulfide) groups is 2. The lowest BCUT2D eigenvalue weighted by Crippen LogP contribution is -2.20. The summed E-state index contributed by atoms with van der Waals surface area (Å²) in [4.78, 5) is -2.43. The van der Waals surface area contributed by atoms with Gasteiger partial charge in [-0.1, -0.05) is 23.7 Å². The van der Waals surface area contributed by atoms with Crippen LogP contribution in [0.3, 0.4) is 0 Å². The molecule has 0 heterocycles. The minimum absolute atomic E-state index is 0.444. The molecular formula is C16H26O5S2. The van der Waals surface area contributed by atoms with E-state index >= 15 is 0 Å². The molecule has 5 nitrogen and oxygen atoms in total. The summed E-state index contributed by atoms with van der Waals surface area (Å²) in [6.45, 7) is 7.10. The molecule has 0 aliphatic rings. The zero-order valence-electron chi connectivity index (χ0n) is 14.0. The fourth-order valence-corrected chi connectivity index (χ4v) is 2.71. The van der Waals surface area contributed by atoms with E-state index in [2.05, 4.69) is 23.7 Å². The zero-order chi connectivity index (χ0) is 17.9. The molecule has 7 heteroatoms. The Morgan fingerprint density at radius 1 is 0.870 bits per heavy atom. The highest BCUT2D eigenvalue weighted by molar-refractivity contribution is 8.00. The van der Waals surface area contributed by atoms with Crippen molar-refractivity contribution in [1.82, 2.24) is 0 Å². The molecule has 0 fully saturated rings. The molecule has 0 saturated carbocycles. The smallest absolute Gasteiger partial charge is 0.169 e. The Morgan fingerprint density at radius 2 is 1.22 bits per heavy atom. The van der Waals surface area contributed by atoms with Crippen LogP contribution in [-0.2, 0) is 4.74 Å². The Kier molecular flexibility index (Phi) is 11.0. The number of hydrogen-bond acceptors (Lipinski definition) is 7. The molecule has 132 valence electrons. The van der Waals surface area contributed by atoms with Crippen LogP contribution in [0.15, 0.2) is 0 Å². The molecule has 0 radical (unpaired) electrons. The topological polar surface area (TPSA) is 90.2 Å². The van der Waals surface area contributed by atoms with Gasteiger partial charge in [0.05, 0.1) is 13.2 Å². The van der Waals surface area contributed by atoms with Gasteiger partial charge in [-0.3, -0.25) is 0 Å². The molecule has 4 atom stereocenters. The molecule has 4 N–H and O–H groups in total. The van der Waals surface area contributed by atoms with Crippen molar-refractivity contribution in [3.63, 3.8) is 0 Å². The molecule has 0 spiro atoms. The van der Waals surface area contributed by atoms with Crippen LogP contribution >= 0.6 is 23.5 Å². The Morgan fingerprint density at radius 3 is 1.52 bits per heavy atom. The van der Waals surface area contributed by atoms with E-state index in [-0.39, 0.29) is 0 Å². The second-order valence-electron chi connectivity index (χ2n) is 5.17. The average molecular weight is 363 g/mol. The van der Waals surface area contributed by atoms with Crippen molar-refractivity contribution in [2.24, 2.45) is 0 Å². The molecule has 4 unspecified atom stereocenters. The Bertz CT molecular complexity index is 411. The summed E-state index contributed by atoms with van der Waals surface area (Å²) >= 11 is 2.47. The fraction of sp³-hybridized carbons (Fsp3) is 0.750. The van der Waals surface area contributed by atoms with E-state index in [0.717, 1.165) is 0 Å². The van der Waals surface area contributed by atoms with Crippen LogP contribution in [0.2, 0.25) is 0 Å². The van der Waals surface area contributed by atoms with E-state index < -0.39 is 22.1 Å². The second-order valence-corrected chi connectivity index (χ2v) is 8.15. The summed E-state index contributed by atoms with van der Waals surface area (Å²) in [5.41, 5.74) is 0. The van der Waals surface area contributed by atoms with Crippen molar-refractivity contribution >= 4 is 23.5 Å². The van der Waals surface area contributed by atoms with E-state index in [1.807, 2.05) is 0 Å². The highest BCUT2D eigenvalue weighted by Gasteiger charge is 2.18. The molecule has 0 aliphatic heterocycles. The lowest BCUT2D eigenvalue weighted by Gasteiger charge is -2.17. The molecule has 0 bridgehead atoms. The summed E-state index contributed by atoms with van der Waals surface area (Å²) in [5.74, 6) is 11.3. The monoisotopic (exact) mass is 362 g/mol. The SMILES string of the molecule is CC(O)C#CC(C)(O)SCCOCCSC(C)(O)C#CC(C)O. The molecule has 0 aromatic rings. The van der Waals surface area contributed by atoms with Gasteiger partial charge in [0.15, 0.2) is 9.87 Å². The first-order valence-corrected chi connectivity index (χ1v) is 9.23. The number of rotatable bonds is 8. The molecule has 0 saturated heterocycles. The van der Waals surface area contributed by atoms with Crippen LogP contribution in [0, 0.1) is 23.7 Å². The third kappa shape index (κ3) is 14.9. The third-order valence-electron chi connectivity index (χ3n) is 2.25. The van der Waals surface area contributed by atoms with Crippen molar-refractivity contribution in [3.05, 3.63) is 0 Å². The first-order chi connectivity index (χ1) is 10.5. The van der Waals surface area contributed by atoms with Crippen molar-refractivity contribution in [3.8, 4) is 23.7 Å². The fourth-order valence-electron chi connectivity index (χ4n) is 1.25. The number of aliphatic hydroxyl groups is 4. The lowest BCUT2D eigenvalue weighted by molar-refractivity contribution is 0.163. The van der Waals surface area contributed by atoms with Gasteiger partial charge in [0.25, 0.3) is 0 Å². The van der Waals surface area contributed by atoms with Crippen LogP contribution in [0.25, 0.3) is 0 Å².